The van der Waals surface area contributed by atoms with Gasteiger partial charge in [-0.25, -0.2) is 0 Å². The predicted molar refractivity (Wildman–Crippen MR) is 81.5 cm³/mol. The standard InChI is InChI=1S/C16H24N2O3/c1-20-9-10-21-15-4-2-3-12(11-15)16(19)18-14-7-5-13(17)6-8-14/h2-4,11,13-14H,5-10,17H2,1H3,(H,18,19). The van der Waals surface area contributed by atoms with Crippen LogP contribution in [0.25, 0.3) is 0 Å². The fraction of sp³-hybridized carbons (Fsp3) is 0.562. The summed E-state index contributed by atoms with van der Waals surface area (Å²) < 4.78 is 10.5. The Kier molecular flexibility index (Phi) is 6.02. The van der Waals surface area contributed by atoms with E-state index in [4.69, 9.17) is 15.2 Å². The fourth-order valence-electron chi connectivity index (χ4n) is 2.50. The predicted octanol–water partition coefficient (Wildman–Crippen LogP) is 1.71. The van der Waals surface area contributed by atoms with Gasteiger partial charge in [-0.2, -0.15) is 0 Å². The number of nitrogens with one attached hydrogen (secondary N) is 1. The average Bonchev–Trinajstić information content (AvgIpc) is 2.50. The molecule has 2 rings (SSSR count). The molecule has 0 spiro atoms. The molecule has 0 atom stereocenters. The van der Waals surface area contributed by atoms with Gasteiger partial charge in [0.2, 0.25) is 0 Å². The van der Waals surface area contributed by atoms with Gasteiger partial charge in [-0.3, -0.25) is 4.79 Å². The number of carbonyl (C=O) groups excluding carboxylic acids is 1. The van der Waals surface area contributed by atoms with Crippen LogP contribution in [-0.2, 0) is 4.74 Å². The number of nitrogens with two attached hydrogens (primary N) is 1. The van der Waals surface area contributed by atoms with Crippen LogP contribution >= 0.6 is 0 Å². The molecule has 3 N–H and O–H groups in total. The lowest BCUT2D eigenvalue weighted by molar-refractivity contribution is 0.0925. The molecule has 0 radical (unpaired) electrons. The largest absolute Gasteiger partial charge is 0.491 e. The maximum absolute atomic E-state index is 12.3. The maximum atomic E-state index is 12.3. The molecule has 1 aliphatic rings. The third-order valence-corrected chi connectivity index (χ3v) is 3.76. The Morgan fingerprint density at radius 1 is 1.29 bits per heavy atom. The van der Waals surface area contributed by atoms with Gasteiger partial charge in [-0.05, 0) is 43.9 Å². The van der Waals surface area contributed by atoms with E-state index in [0.29, 0.717) is 24.5 Å². The Bertz CT molecular complexity index is 457. The number of hydrogen-bond acceptors (Lipinski definition) is 4. The van der Waals surface area contributed by atoms with Crippen molar-refractivity contribution in [3.63, 3.8) is 0 Å². The van der Waals surface area contributed by atoms with Crippen LogP contribution in [0.2, 0.25) is 0 Å². The molecule has 1 aliphatic carbocycles. The topological polar surface area (TPSA) is 73.6 Å². The van der Waals surface area contributed by atoms with Gasteiger partial charge < -0.3 is 20.5 Å². The summed E-state index contributed by atoms with van der Waals surface area (Å²) in [6, 6.07) is 7.75. The van der Waals surface area contributed by atoms with Crippen LogP contribution in [0.15, 0.2) is 24.3 Å². The highest BCUT2D eigenvalue weighted by Gasteiger charge is 2.20. The van der Waals surface area contributed by atoms with Gasteiger partial charge in [0, 0.05) is 24.8 Å². The molecule has 0 bridgehead atoms. The molecule has 5 heteroatoms. The number of hydrogen-bond donors (Lipinski definition) is 2. The molecule has 1 fully saturated rings. The van der Waals surface area contributed by atoms with Crippen LogP contribution < -0.4 is 15.8 Å². The molecule has 0 aliphatic heterocycles. The monoisotopic (exact) mass is 292 g/mol. The minimum atomic E-state index is -0.0485. The number of amides is 1. The first-order chi connectivity index (χ1) is 10.2. The lowest BCUT2D eigenvalue weighted by Crippen LogP contribution is -2.40. The van der Waals surface area contributed by atoms with Crippen LogP contribution in [-0.4, -0.2) is 38.3 Å². The zero-order valence-electron chi connectivity index (χ0n) is 12.5. The molecule has 0 saturated heterocycles. The van der Waals surface area contributed by atoms with Crippen LogP contribution in [0, 0.1) is 0 Å². The first kappa shape index (κ1) is 15.8. The smallest absolute Gasteiger partial charge is 0.251 e. The van der Waals surface area contributed by atoms with Crippen LogP contribution in [0.3, 0.4) is 0 Å². The number of methoxy groups -OCH3 is 1. The molecule has 1 aromatic rings. The minimum absolute atomic E-state index is 0.0485. The van der Waals surface area contributed by atoms with E-state index in [-0.39, 0.29) is 18.0 Å². The Hall–Kier alpha value is -1.59. The number of ether oxygens (including phenoxy) is 2. The lowest BCUT2D eigenvalue weighted by Gasteiger charge is -2.26. The normalized spacial score (nSPS) is 21.8. The van der Waals surface area contributed by atoms with Crippen molar-refractivity contribution < 1.29 is 14.3 Å². The molecule has 1 aromatic carbocycles. The summed E-state index contributed by atoms with van der Waals surface area (Å²) in [6.45, 7) is 1.00. The van der Waals surface area contributed by atoms with Crippen molar-refractivity contribution in [2.24, 2.45) is 5.73 Å². The van der Waals surface area contributed by atoms with Crippen molar-refractivity contribution in [2.45, 2.75) is 37.8 Å². The third-order valence-electron chi connectivity index (χ3n) is 3.76. The highest BCUT2D eigenvalue weighted by molar-refractivity contribution is 5.94. The molecule has 5 nitrogen and oxygen atoms in total. The molecule has 0 unspecified atom stereocenters. The van der Waals surface area contributed by atoms with E-state index < -0.39 is 0 Å². The van der Waals surface area contributed by atoms with Crippen LogP contribution in [0.4, 0.5) is 0 Å². The summed E-state index contributed by atoms with van der Waals surface area (Å²) in [6.07, 6.45) is 3.87. The highest BCUT2D eigenvalue weighted by Crippen LogP contribution is 2.18. The number of carbonyl (C=O) groups is 1. The van der Waals surface area contributed by atoms with Crippen molar-refractivity contribution in [1.29, 1.82) is 0 Å². The van der Waals surface area contributed by atoms with Crippen LogP contribution in [0.1, 0.15) is 36.0 Å². The van der Waals surface area contributed by atoms with E-state index in [1.165, 1.54) is 0 Å². The second kappa shape index (κ2) is 8.00. The molecule has 1 saturated carbocycles. The summed E-state index contributed by atoms with van der Waals surface area (Å²) in [5, 5.41) is 3.08. The summed E-state index contributed by atoms with van der Waals surface area (Å²) >= 11 is 0. The molecule has 21 heavy (non-hydrogen) atoms. The second-order valence-corrected chi connectivity index (χ2v) is 5.45. The molecule has 0 heterocycles. The van der Waals surface area contributed by atoms with E-state index in [1.807, 2.05) is 12.1 Å². The number of benzene rings is 1. The van der Waals surface area contributed by atoms with E-state index in [2.05, 4.69) is 5.32 Å². The summed E-state index contributed by atoms with van der Waals surface area (Å²) in [5.41, 5.74) is 6.50. The number of rotatable bonds is 6. The Balaban J connectivity index is 1.88. The molecular weight excluding hydrogens is 268 g/mol. The highest BCUT2D eigenvalue weighted by atomic mass is 16.5. The van der Waals surface area contributed by atoms with Gasteiger partial charge in [0.15, 0.2) is 0 Å². The Morgan fingerprint density at radius 2 is 2.05 bits per heavy atom. The van der Waals surface area contributed by atoms with E-state index in [1.54, 1.807) is 19.2 Å². The average molecular weight is 292 g/mol. The summed E-state index contributed by atoms with van der Waals surface area (Å²) in [7, 11) is 1.63. The van der Waals surface area contributed by atoms with Gasteiger partial charge in [-0.15, -0.1) is 0 Å². The van der Waals surface area contributed by atoms with E-state index in [0.717, 1.165) is 25.7 Å². The van der Waals surface area contributed by atoms with Gasteiger partial charge in [0.1, 0.15) is 12.4 Å². The lowest BCUT2D eigenvalue weighted by atomic mass is 9.91. The van der Waals surface area contributed by atoms with Crippen molar-refractivity contribution in [3.8, 4) is 5.75 Å². The van der Waals surface area contributed by atoms with Crippen molar-refractivity contribution in [1.82, 2.24) is 5.32 Å². The van der Waals surface area contributed by atoms with Crippen molar-refractivity contribution in [3.05, 3.63) is 29.8 Å². The molecular formula is C16H24N2O3. The quantitative estimate of drug-likeness (QED) is 0.783. The van der Waals surface area contributed by atoms with Crippen LogP contribution in [0.5, 0.6) is 5.75 Å². The first-order valence-electron chi connectivity index (χ1n) is 7.47. The SMILES string of the molecule is COCCOc1cccc(C(=O)NC2CCC(N)CC2)c1. The maximum Gasteiger partial charge on any atom is 0.251 e. The minimum Gasteiger partial charge on any atom is -0.491 e. The Morgan fingerprint density at radius 3 is 2.76 bits per heavy atom. The molecule has 116 valence electrons. The van der Waals surface area contributed by atoms with Crippen molar-refractivity contribution >= 4 is 5.91 Å². The van der Waals surface area contributed by atoms with Gasteiger partial charge >= 0.3 is 0 Å². The third kappa shape index (κ3) is 5.02. The van der Waals surface area contributed by atoms with E-state index >= 15 is 0 Å². The molecule has 0 aromatic heterocycles. The first-order valence-corrected chi connectivity index (χ1v) is 7.47. The van der Waals surface area contributed by atoms with Gasteiger partial charge in [0.05, 0.1) is 6.61 Å². The van der Waals surface area contributed by atoms with Gasteiger partial charge in [-0.1, -0.05) is 6.07 Å². The second-order valence-electron chi connectivity index (χ2n) is 5.45. The molecule has 1 amide bonds. The summed E-state index contributed by atoms with van der Waals surface area (Å²) in [4.78, 5) is 12.3. The summed E-state index contributed by atoms with van der Waals surface area (Å²) in [5.74, 6) is 0.637. The van der Waals surface area contributed by atoms with Crippen molar-refractivity contribution in [2.75, 3.05) is 20.3 Å². The van der Waals surface area contributed by atoms with E-state index in [9.17, 15) is 4.79 Å². The zero-order chi connectivity index (χ0) is 15.1. The van der Waals surface area contributed by atoms with Gasteiger partial charge in [0.25, 0.3) is 5.91 Å². The fourth-order valence-corrected chi connectivity index (χ4v) is 2.50. The zero-order valence-corrected chi connectivity index (χ0v) is 12.5. The Labute approximate surface area is 125 Å².